The Bertz CT molecular complexity index is 1060. The third-order valence-corrected chi connectivity index (χ3v) is 5.70. The van der Waals surface area contributed by atoms with Crippen LogP contribution in [0, 0.1) is 0 Å². The van der Waals surface area contributed by atoms with E-state index in [0.717, 1.165) is 12.8 Å². The molecule has 0 radical (unpaired) electrons. The summed E-state index contributed by atoms with van der Waals surface area (Å²) in [5, 5.41) is 0.563. The predicted octanol–water partition coefficient (Wildman–Crippen LogP) is 5.66. The number of aryl methyl sites for hydroxylation is 1. The van der Waals surface area contributed by atoms with E-state index in [1.165, 1.54) is 24.8 Å². The summed E-state index contributed by atoms with van der Waals surface area (Å²) in [5.41, 5.74) is 2.42. The Morgan fingerprint density at radius 2 is 1.74 bits per heavy atom. The Hall–Kier alpha value is -2.95. The van der Waals surface area contributed by atoms with E-state index < -0.39 is 0 Å². The summed E-state index contributed by atoms with van der Waals surface area (Å²) in [7, 11) is 0. The lowest BCUT2D eigenvalue weighted by molar-refractivity contribution is 0.0661. The highest BCUT2D eigenvalue weighted by atomic mass is 16.2. The third kappa shape index (κ3) is 5.40. The normalized spacial score (nSPS) is 12.1. The van der Waals surface area contributed by atoms with Gasteiger partial charge in [-0.3, -0.25) is 9.59 Å². The Balaban J connectivity index is 1.89. The molecule has 1 atom stereocenters. The molecule has 1 N–H and O–H groups in total. The molecule has 3 aromatic rings. The highest BCUT2D eigenvalue weighted by molar-refractivity contribution is 5.94. The second kappa shape index (κ2) is 10.9. The molecule has 2 aromatic carbocycles. The van der Waals surface area contributed by atoms with Crippen molar-refractivity contribution < 1.29 is 4.79 Å². The maximum atomic E-state index is 13.4. The molecule has 0 aliphatic carbocycles. The van der Waals surface area contributed by atoms with E-state index in [9.17, 15) is 9.59 Å². The van der Waals surface area contributed by atoms with Gasteiger partial charge in [0.1, 0.15) is 5.82 Å². The number of carbonyl (C=O) groups excluding carboxylic acids is 1. The zero-order chi connectivity index (χ0) is 22.2. The Morgan fingerprint density at radius 3 is 2.42 bits per heavy atom. The molecule has 5 heteroatoms. The van der Waals surface area contributed by atoms with Gasteiger partial charge in [-0.2, -0.15) is 0 Å². The number of aromatic nitrogens is 2. The molecule has 0 fully saturated rings. The minimum atomic E-state index is -0.283. The topological polar surface area (TPSA) is 66.1 Å². The number of amides is 1. The molecular weight excluding hydrogens is 386 g/mol. The zero-order valence-electron chi connectivity index (χ0n) is 18.9. The summed E-state index contributed by atoms with van der Waals surface area (Å²) >= 11 is 0. The summed E-state index contributed by atoms with van der Waals surface area (Å²) < 4.78 is 0. The monoisotopic (exact) mass is 419 g/mol. The van der Waals surface area contributed by atoms with Gasteiger partial charge in [0.05, 0.1) is 16.9 Å². The molecule has 164 valence electrons. The van der Waals surface area contributed by atoms with Crippen molar-refractivity contribution in [2.75, 3.05) is 6.54 Å². The lowest BCUT2D eigenvalue weighted by Crippen LogP contribution is -2.37. The van der Waals surface area contributed by atoms with Gasteiger partial charge in [0.25, 0.3) is 11.5 Å². The van der Waals surface area contributed by atoms with Gasteiger partial charge in [-0.25, -0.2) is 4.98 Å². The molecule has 0 aliphatic rings. The first-order valence-electron chi connectivity index (χ1n) is 11.5. The van der Waals surface area contributed by atoms with Gasteiger partial charge in [0.15, 0.2) is 0 Å². The van der Waals surface area contributed by atoms with Crippen molar-refractivity contribution >= 4 is 16.8 Å². The van der Waals surface area contributed by atoms with Crippen LogP contribution in [0.1, 0.15) is 80.7 Å². The quantitative estimate of drug-likeness (QED) is 0.431. The second-order valence-electron chi connectivity index (χ2n) is 8.04. The molecule has 0 aliphatic heterocycles. The number of unbranched alkanes of at least 4 members (excludes halogenated alkanes) is 2. The molecule has 5 nitrogen and oxygen atoms in total. The van der Waals surface area contributed by atoms with Crippen molar-refractivity contribution in [2.45, 2.75) is 65.3 Å². The van der Waals surface area contributed by atoms with Crippen molar-refractivity contribution in [3.8, 4) is 0 Å². The summed E-state index contributed by atoms with van der Waals surface area (Å²) in [6, 6.07) is 15.0. The highest BCUT2D eigenvalue weighted by Crippen LogP contribution is 2.24. The molecule has 31 heavy (non-hydrogen) atoms. The average Bonchev–Trinajstić information content (AvgIpc) is 2.79. The molecule has 1 heterocycles. The molecule has 1 amide bonds. The number of hydrogen-bond donors (Lipinski definition) is 1. The Morgan fingerprint density at radius 1 is 1.00 bits per heavy atom. The van der Waals surface area contributed by atoms with Crippen LogP contribution >= 0.6 is 0 Å². The van der Waals surface area contributed by atoms with Crippen LogP contribution in [0.15, 0.2) is 53.3 Å². The summed E-state index contributed by atoms with van der Waals surface area (Å²) in [5.74, 6) is 0.522. The van der Waals surface area contributed by atoms with Gasteiger partial charge >= 0.3 is 0 Å². The lowest BCUT2D eigenvalue weighted by Gasteiger charge is -2.30. The fourth-order valence-corrected chi connectivity index (χ4v) is 4.02. The number of benzene rings is 2. The van der Waals surface area contributed by atoms with Crippen molar-refractivity contribution in [3.63, 3.8) is 0 Å². The van der Waals surface area contributed by atoms with Gasteiger partial charge < -0.3 is 9.88 Å². The maximum Gasteiger partial charge on any atom is 0.258 e. The lowest BCUT2D eigenvalue weighted by atomic mass is 10.0. The maximum absolute atomic E-state index is 13.4. The predicted molar refractivity (Wildman–Crippen MR) is 126 cm³/mol. The van der Waals surface area contributed by atoms with E-state index in [0.29, 0.717) is 35.3 Å². The third-order valence-electron chi connectivity index (χ3n) is 5.70. The number of H-pyrrole nitrogens is 1. The first kappa shape index (κ1) is 22.7. The number of carbonyl (C=O) groups is 1. The number of para-hydroxylation sites is 1. The largest absolute Gasteiger partial charge is 0.328 e. The molecular formula is C26H33N3O2. The average molecular weight is 420 g/mol. The number of rotatable bonds is 10. The van der Waals surface area contributed by atoms with Gasteiger partial charge in [-0.05, 0) is 55.5 Å². The van der Waals surface area contributed by atoms with E-state index >= 15 is 0 Å². The number of fused-ring (bicyclic) bond motifs is 1. The summed E-state index contributed by atoms with van der Waals surface area (Å²) in [4.78, 5) is 35.5. The van der Waals surface area contributed by atoms with E-state index in [4.69, 9.17) is 4.98 Å². The summed E-state index contributed by atoms with van der Waals surface area (Å²) in [6.07, 6.45) is 6.13. The van der Waals surface area contributed by atoms with Crippen LogP contribution in [0.25, 0.3) is 10.9 Å². The Labute approximate surface area is 184 Å². The minimum Gasteiger partial charge on any atom is -0.328 e. The first-order valence-corrected chi connectivity index (χ1v) is 11.5. The SMILES string of the molecule is CCCCCc1ccc(C(=O)N(CCC)C(CC)c2nc3ccccc3c(=O)[nH]2)cc1. The van der Waals surface area contributed by atoms with E-state index in [2.05, 4.69) is 31.0 Å². The summed E-state index contributed by atoms with van der Waals surface area (Å²) in [6.45, 7) is 6.88. The van der Waals surface area contributed by atoms with Crippen LogP contribution in [0.4, 0.5) is 0 Å². The zero-order valence-corrected chi connectivity index (χ0v) is 18.9. The van der Waals surface area contributed by atoms with Crippen LogP contribution in [-0.4, -0.2) is 27.3 Å². The smallest absolute Gasteiger partial charge is 0.258 e. The Kier molecular flexibility index (Phi) is 7.99. The van der Waals surface area contributed by atoms with E-state index in [-0.39, 0.29) is 17.5 Å². The van der Waals surface area contributed by atoms with Gasteiger partial charge in [-0.15, -0.1) is 0 Å². The van der Waals surface area contributed by atoms with Gasteiger partial charge in [-0.1, -0.05) is 57.9 Å². The molecule has 0 saturated carbocycles. The van der Waals surface area contributed by atoms with Gasteiger partial charge in [0.2, 0.25) is 0 Å². The number of hydrogen-bond acceptors (Lipinski definition) is 3. The number of aromatic amines is 1. The van der Waals surface area contributed by atoms with E-state index in [1.54, 1.807) is 6.07 Å². The molecule has 0 bridgehead atoms. The standard InChI is InChI=1S/C26H33N3O2/c1-4-7-8-11-19-14-16-20(17-15-19)26(31)29(18-5-2)23(6-3)24-27-22-13-10-9-12-21(22)25(30)28-24/h9-10,12-17,23H,4-8,11,18H2,1-3H3,(H,27,28,30). The first-order chi connectivity index (χ1) is 15.1. The van der Waals surface area contributed by atoms with Crippen LogP contribution < -0.4 is 5.56 Å². The van der Waals surface area contributed by atoms with Crippen LogP contribution in [0.2, 0.25) is 0 Å². The number of nitrogens with zero attached hydrogens (tertiary/aromatic N) is 2. The minimum absolute atomic E-state index is 0.0235. The van der Waals surface area contributed by atoms with Crippen molar-refractivity contribution in [1.82, 2.24) is 14.9 Å². The van der Waals surface area contributed by atoms with E-state index in [1.807, 2.05) is 42.2 Å². The van der Waals surface area contributed by atoms with Crippen molar-refractivity contribution in [3.05, 3.63) is 75.8 Å². The molecule has 0 spiro atoms. The molecule has 3 rings (SSSR count). The fraction of sp³-hybridized carbons (Fsp3) is 0.423. The fourth-order valence-electron chi connectivity index (χ4n) is 4.02. The van der Waals surface area contributed by atoms with Gasteiger partial charge in [0, 0.05) is 12.1 Å². The molecule has 1 aromatic heterocycles. The van der Waals surface area contributed by atoms with Crippen molar-refractivity contribution in [2.24, 2.45) is 0 Å². The highest BCUT2D eigenvalue weighted by Gasteiger charge is 2.26. The molecule has 0 saturated heterocycles. The number of nitrogens with one attached hydrogen (secondary N) is 1. The van der Waals surface area contributed by atoms with Crippen molar-refractivity contribution in [1.29, 1.82) is 0 Å². The van der Waals surface area contributed by atoms with Crippen LogP contribution in [0.3, 0.4) is 0 Å². The molecule has 1 unspecified atom stereocenters. The van der Waals surface area contributed by atoms with Crippen LogP contribution in [0.5, 0.6) is 0 Å². The second-order valence-corrected chi connectivity index (χ2v) is 8.04. The van der Waals surface area contributed by atoms with Crippen LogP contribution in [-0.2, 0) is 6.42 Å².